The SMILES string of the molecule is CN1CCC[C@H]1COc1nc(N2CCN(C(=O)O)[C@@H](CC#N)C2)c2cnc(-c3ccccc3F)c(F)c2n1. The fourth-order valence-corrected chi connectivity index (χ4v) is 5.11. The van der Waals surface area contributed by atoms with Gasteiger partial charge in [-0.1, -0.05) is 12.1 Å². The first-order chi connectivity index (χ1) is 18.4. The van der Waals surface area contributed by atoms with E-state index in [0.29, 0.717) is 12.4 Å². The van der Waals surface area contributed by atoms with Crippen LogP contribution in [0.5, 0.6) is 6.01 Å². The molecule has 10 nitrogen and oxygen atoms in total. The van der Waals surface area contributed by atoms with Crippen LogP contribution in [0.4, 0.5) is 19.4 Å². The van der Waals surface area contributed by atoms with Gasteiger partial charge in [0.15, 0.2) is 5.82 Å². The number of likely N-dealkylation sites (N-methyl/N-ethyl adjacent to an activating group) is 1. The van der Waals surface area contributed by atoms with Crippen LogP contribution >= 0.6 is 0 Å². The number of fused-ring (bicyclic) bond motifs is 1. The molecule has 3 aromatic rings. The van der Waals surface area contributed by atoms with Gasteiger partial charge in [-0.3, -0.25) is 4.98 Å². The number of pyridine rings is 1. The number of anilines is 1. The fourth-order valence-electron chi connectivity index (χ4n) is 5.11. The van der Waals surface area contributed by atoms with Gasteiger partial charge in [-0.25, -0.2) is 13.6 Å². The minimum Gasteiger partial charge on any atom is -0.465 e. The summed E-state index contributed by atoms with van der Waals surface area (Å²) in [7, 11) is 2.01. The van der Waals surface area contributed by atoms with Crippen molar-refractivity contribution >= 4 is 22.8 Å². The number of nitriles is 1. The Hall–Kier alpha value is -4.11. The van der Waals surface area contributed by atoms with Crippen molar-refractivity contribution in [3.05, 3.63) is 42.1 Å². The summed E-state index contributed by atoms with van der Waals surface area (Å²) in [6, 6.07) is 7.37. The molecule has 12 heteroatoms. The Balaban J connectivity index is 1.57. The minimum atomic E-state index is -1.11. The third-order valence-electron chi connectivity index (χ3n) is 7.20. The molecule has 4 heterocycles. The van der Waals surface area contributed by atoms with Gasteiger partial charge in [0.25, 0.3) is 0 Å². The number of likely N-dealkylation sites (tertiary alicyclic amines) is 1. The molecular formula is C26H27F2N7O3. The predicted molar refractivity (Wildman–Crippen MR) is 135 cm³/mol. The molecule has 5 rings (SSSR count). The van der Waals surface area contributed by atoms with E-state index < -0.39 is 23.8 Å². The first-order valence-corrected chi connectivity index (χ1v) is 12.4. The highest BCUT2D eigenvalue weighted by atomic mass is 19.1. The van der Waals surface area contributed by atoms with Crippen LogP contribution in [0.1, 0.15) is 19.3 Å². The highest BCUT2D eigenvalue weighted by Crippen LogP contribution is 2.34. The maximum absolute atomic E-state index is 15.9. The number of hydrogen-bond acceptors (Lipinski definition) is 8. The highest BCUT2D eigenvalue weighted by Gasteiger charge is 2.33. The van der Waals surface area contributed by atoms with Crippen molar-refractivity contribution in [2.24, 2.45) is 0 Å². The largest absolute Gasteiger partial charge is 0.465 e. The van der Waals surface area contributed by atoms with E-state index in [0.717, 1.165) is 19.4 Å². The third kappa shape index (κ3) is 4.89. The van der Waals surface area contributed by atoms with Crippen molar-refractivity contribution in [3.63, 3.8) is 0 Å². The number of ether oxygens (including phenoxy) is 1. The number of halogens is 2. The molecule has 0 radical (unpaired) electrons. The summed E-state index contributed by atoms with van der Waals surface area (Å²) in [4.78, 5) is 30.0. The Labute approximate surface area is 218 Å². The van der Waals surface area contributed by atoms with Gasteiger partial charge in [0.2, 0.25) is 0 Å². The van der Waals surface area contributed by atoms with Crippen molar-refractivity contribution < 1.29 is 23.4 Å². The summed E-state index contributed by atoms with van der Waals surface area (Å²) in [5, 5.41) is 19.1. The first-order valence-electron chi connectivity index (χ1n) is 12.4. The van der Waals surface area contributed by atoms with E-state index in [4.69, 9.17) is 4.74 Å². The van der Waals surface area contributed by atoms with Crippen molar-refractivity contribution in [1.82, 2.24) is 24.8 Å². The van der Waals surface area contributed by atoms with Gasteiger partial charge in [-0.2, -0.15) is 15.2 Å². The van der Waals surface area contributed by atoms with E-state index in [-0.39, 0.29) is 60.3 Å². The van der Waals surface area contributed by atoms with E-state index in [1.165, 1.54) is 29.3 Å². The molecular weight excluding hydrogens is 496 g/mol. The molecule has 0 spiro atoms. The van der Waals surface area contributed by atoms with Gasteiger partial charge >= 0.3 is 12.1 Å². The maximum atomic E-state index is 15.9. The zero-order chi connectivity index (χ0) is 26.8. The molecule has 2 fully saturated rings. The summed E-state index contributed by atoms with van der Waals surface area (Å²) in [5.41, 5.74) is -0.249. The van der Waals surface area contributed by atoms with Crippen LogP contribution in [0.25, 0.3) is 22.2 Å². The molecule has 2 aliphatic heterocycles. The molecule has 2 atom stereocenters. The van der Waals surface area contributed by atoms with Gasteiger partial charge in [0.05, 0.1) is 23.9 Å². The second kappa shape index (κ2) is 10.7. The second-order valence-corrected chi connectivity index (χ2v) is 9.52. The normalized spacial score (nSPS) is 20.1. The summed E-state index contributed by atoms with van der Waals surface area (Å²) < 4.78 is 36.3. The third-order valence-corrected chi connectivity index (χ3v) is 7.20. The Morgan fingerprint density at radius 1 is 1.21 bits per heavy atom. The number of aromatic nitrogens is 3. The molecule has 1 aromatic carbocycles. The fraction of sp³-hybridized carbons (Fsp3) is 0.423. The van der Waals surface area contributed by atoms with Crippen LogP contribution in [0.15, 0.2) is 30.5 Å². The molecule has 1 N–H and O–H groups in total. The smallest absolute Gasteiger partial charge is 0.407 e. The number of amides is 1. The van der Waals surface area contributed by atoms with Crippen LogP contribution in [-0.2, 0) is 0 Å². The van der Waals surface area contributed by atoms with Crippen molar-refractivity contribution in [3.8, 4) is 23.3 Å². The van der Waals surface area contributed by atoms with Crippen molar-refractivity contribution in [2.45, 2.75) is 31.3 Å². The van der Waals surface area contributed by atoms with Crippen molar-refractivity contribution in [1.29, 1.82) is 5.26 Å². The van der Waals surface area contributed by atoms with Gasteiger partial charge in [0, 0.05) is 37.4 Å². The topological polar surface area (TPSA) is 119 Å². The summed E-state index contributed by atoms with van der Waals surface area (Å²) >= 11 is 0. The van der Waals surface area contributed by atoms with E-state index in [9.17, 15) is 19.6 Å². The van der Waals surface area contributed by atoms with Gasteiger partial charge in [0.1, 0.15) is 29.5 Å². The number of benzene rings is 1. The molecule has 1 amide bonds. The number of hydrogen-bond donors (Lipinski definition) is 1. The van der Waals surface area contributed by atoms with Gasteiger partial charge in [-0.15, -0.1) is 0 Å². The zero-order valence-corrected chi connectivity index (χ0v) is 20.8. The zero-order valence-electron chi connectivity index (χ0n) is 20.8. The Kier molecular flexibility index (Phi) is 7.20. The molecule has 2 saturated heterocycles. The standard InChI is InChI=1S/C26H27F2N7O3/c1-33-10-4-5-17(33)15-38-25-31-23-19(13-30-22(21(23)28)18-6-2-3-7-20(18)27)24(32-25)34-11-12-35(26(36)37)16(14-34)8-9-29/h2-3,6-7,13,16-17H,4-5,8,10-12,14-15H2,1H3,(H,36,37)/t16-,17-/m0/s1. The quantitative estimate of drug-likeness (QED) is 0.518. The average Bonchev–Trinajstić information content (AvgIpc) is 3.32. The molecule has 198 valence electrons. The summed E-state index contributed by atoms with van der Waals surface area (Å²) in [6.07, 6.45) is 2.29. The Morgan fingerprint density at radius 2 is 2.03 bits per heavy atom. The summed E-state index contributed by atoms with van der Waals surface area (Å²) in [5.74, 6) is -1.10. The first kappa shape index (κ1) is 25.5. The van der Waals surface area contributed by atoms with Gasteiger partial charge in [-0.05, 0) is 38.6 Å². The molecule has 0 bridgehead atoms. The van der Waals surface area contributed by atoms with Crippen LogP contribution in [0, 0.1) is 23.0 Å². The number of rotatable bonds is 6. The number of carboxylic acid groups (broad SMARTS) is 1. The lowest BCUT2D eigenvalue weighted by atomic mass is 10.1. The van der Waals surface area contributed by atoms with E-state index >= 15 is 4.39 Å². The molecule has 0 saturated carbocycles. The molecule has 38 heavy (non-hydrogen) atoms. The number of piperazine rings is 1. The van der Waals surface area contributed by atoms with Crippen LogP contribution in [0.2, 0.25) is 0 Å². The summed E-state index contributed by atoms with van der Waals surface area (Å²) in [6.45, 7) is 1.85. The maximum Gasteiger partial charge on any atom is 0.407 e. The Morgan fingerprint density at radius 3 is 2.74 bits per heavy atom. The van der Waals surface area contributed by atoms with Crippen LogP contribution in [-0.4, -0.2) is 87.9 Å². The molecule has 0 unspecified atom stereocenters. The van der Waals surface area contributed by atoms with Gasteiger partial charge < -0.3 is 24.5 Å². The van der Waals surface area contributed by atoms with Crippen molar-refractivity contribution in [2.75, 3.05) is 44.7 Å². The van der Waals surface area contributed by atoms with Crippen LogP contribution in [0.3, 0.4) is 0 Å². The minimum absolute atomic E-state index is 0.00580. The lowest BCUT2D eigenvalue weighted by Crippen LogP contribution is -2.55. The lowest BCUT2D eigenvalue weighted by molar-refractivity contribution is 0.119. The number of nitrogens with zero attached hydrogens (tertiary/aromatic N) is 7. The number of carbonyl (C=O) groups is 1. The highest BCUT2D eigenvalue weighted by molar-refractivity contribution is 5.92. The lowest BCUT2D eigenvalue weighted by Gasteiger charge is -2.39. The monoisotopic (exact) mass is 523 g/mol. The predicted octanol–water partition coefficient (Wildman–Crippen LogP) is 3.53. The van der Waals surface area contributed by atoms with Crippen LogP contribution < -0.4 is 9.64 Å². The molecule has 2 aromatic heterocycles. The van der Waals surface area contributed by atoms with E-state index in [2.05, 4.69) is 19.9 Å². The molecule has 0 aliphatic carbocycles. The average molecular weight is 524 g/mol. The van der Waals surface area contributed by atoms with E-state index in [1.807, 2.05) is 13.1 Å². The molecule has 2 aliphatic rings. The van der Waals surface area contributed by atoms with E-state index in [1.54, 1.807) is 11.0 Å². The Bertz CT molecular complexity index is 1400. The second-order valence-electron chi connectivity index (χ2n) is 9.52.